The molecule has 0 unspecified atom stereocenters. The Hall–Kier alpha value is -3.26. The van der Waals surface area contributed by atoms with Gasteiger partial charge >= 0.3 is 18.4 Å². The maximum absolute atomic E-state index is 13.5. The SMILES string of the molecule is Cc1nnc(N2C[C@H]3CC[C@@H](C2)[C@@H]3Nc2nc3c(OCC(F)(F)F)ccc(C(F)(F)F)n3n2)o1. The molecule has 1 N–H and O–H groups in total. The number of fused-ring (bicyclic) bond motifs is 3. The van der Waals surface area contributed by atoms with E-state index < -0.39 is 36.1 Å². The van der Waals surface area contributed by atoms with E-state index in [-0.39, 0.29) is 23.8 Å². The monoisotopic (exact) mass is 491 g/mol. The number of alkyl halides is 6. The summed E-state index contributed by atoms with van der Waals surface area (Å²) in [7, 11) is 0. The molecule has 34 heavy (non-hydrogen) atoms. The third kappa shape index (κ3) is 4.30. The highest BCUT2D eigenvalue weighted by molar-refractivity contribution is 5.57. The van der Waals surface area contributed by atoms with Crippen molar-refractivity contribution in [2.24, 2.45) is 11.8 Å². The summed E-state index contributed by atoms with van der Waals surface area (Å²) in [6.07, 6.45) is -7.72. The molecule has 9 nitrogen and oxygen atoms in total. The van der Waals surface area contributed by atoms with Crippen LogP contribution in [0.1, 0.15) is 24.4 Å². The van der Waals surface area contributed by atoms with E-state index in [1.807, 2.05) is 4.90 Å². The molecule has 184 valence electrons. The van der Waals surface area contributed by atoms with Crippen LogP contribution in [-0.2, 0) is 6.18 Å². The van der Waals surface area contributed by atoms with Gasteiger partial charge in [0.25, 0.3) is 0 Å². The van der Waals surface area contributed by atoms with Crippen LogP contribution in [0.2, 0.25) is 0 Å². The van der Waals surface area contributed by atoms with Gasteiger partial charge in [0.1, 0.15) is 5.69 Å². The molecule has 0 radical (unpaired) electrons. The Morgan fingerprint density at radius 3 is 2.38 bits per heavy atom. The first-order valence-corrected chi connectivity index (χ1v) is 10.5. The van der Waals surface area contributed by atoms with E-state index in [4.69, 9.17) is 9.15 Å². The van der Waals surface area contributed by atoms with Crippen LogP contribution in [0.5, 0.6) is 5.75 Å². The fourth-order valence-electron chi connectivity index (χ4n) is 4.66. The summed E-state index contributed by atoms with van der Waals surface area (Å²) in [5.41, 5.74) is -1.63. The van der Waals surface area contributed by atoms with Crippen LogP contribution < -0.4 is 15.0 Å². The molecule has 1 saturated heterocycles. The van der Waals surface area contributed by atoms with Crippen molar-refractivity contribution in [1.82, 2.24) is 24.8 Å². The van der Waals surface area contributed by atoms with Gasteiger partial charge in [-0.3, -0.25) is 0 Å². The normalized spacial score (nSPS) is 23.0. The molecule has 0 aromatic carbocycles. The minimum atomic E-state index is -4.79. The molecule has 0 amide bonds. The number of anilines is 2. The van der Waals surface area contributed by atoms with E-state index in [9.17, 15) is 26.3 Å². The van der Waals surface area contributed by atoms with Crippen molar-refractivity contribution in [2.45, 2.75) is 38.2 Å². The lowest BCUT2D eigenvalue weighted by Gasteiger charge is -2.37. The Morgan fingerprint density at radius 2 is 1.79 bits per heavy atom. The average molecular weight is 491 g/mol. The van der Waals surface area contributed by atoms with Gasteiger partial charge in [0, 0.05) is 26.1 Å². The number of rotatable bonds is 5. The maximum atomic E-state index is 13.5. The van der Waals surface area contributed by atoms with E-state index in [0.717, 1.165) is 18.9 Å². The molecule has 2 aliphatic rings. The van der Waals surface area contributed by atoms with Gasteiger partial charge in [-0.2, -0.15) is 31.3 Å². The molecule has 2 bridgehead atoms. The van der Waals surface area contributed by atoms with Gasteiger partial charge in [-0.05, 0) is 36.8 Å². The number of nitrogens with zero attached hydrogens (tertiary/aromatic N) is 6. The molecule has 1 saturated carbocycles. The number of hydrogen-bond donors (Lipinski definition) is 1. The Balaban J connectivity index is 1.41. The molecule has 1 aliphatic heterocycles. The van der Waals surface area contributed by atoms with Crippen molar-refractivity contribution in [2.75, 3.05) is 29.9 Å². The molecule has 3 aromatic rings. The van der Waals surface area contributed by atoms with Crippen LogP contribution in [0.25, 0.3) is 5.65 Å². The van der Waals surface area contributed by atoms with Crippen LogP contribution in [0.4, 0.5) is 38.3 Å². The summed E-state index contributed by atoms with van der Waals surface area (Å²) in [4.78, 5) is 6.03. The van der Waals surface area contributed by atoms with Crippen molar-refractivity contribution in [3.8, 4) is 5.75 Å². The Labute approximate surface area is 188 Å². The number of nitrogens with one attached hydrogen (secondary N) is 1. The summed E-state index contributed by atoms with van der Waals surface area (Å²) < 4.78 is 88.9. The fraction of sp³-hybridized carbons (Fsp3) is 0.579. The van der Waals surface area contributed by atoms with Crippen molar-refractivity contribution < 1.29 is 35.5 Å². The Morgan fingerprint density at radius 1 is 1.09 bits per heavy atom. The number of piperidine rings is 1. The number of hydrogen-bond acceptors (Lipinski definition) is 8. The summed E-state index contributed by atoms with van der Waals surface area (Å²) >= 11 is 0. The molecular weight excluding hydrogens is 472 g/mol. The first-order chi connectivity index (χ1) is 16.0. The minimum Gasteiger partial charge on any atom is -0.480 e. The van der Waals surface area contributed by atoms with E-state index in [1.54, 1.807) is 6.92 Å². The zero-order valence-electron chi connectivity index (χ0n) is 17.7. The summed E-state index contributed by atoms with van der Waals surface area (Å²) in [6, 6.07) is 1.72. The highest BCUT2D eigenvalue weighted by Crippen LogP contribution is 2.40. The zero-order valence-corrected chi connectivity index (χ0v) is 17.7. The van der Waals surface area contributed by atoms with Crippen LogP contribution in [0.3, 0.4) is 0 Å². The van der Waals surface area contributed by atoms with Gasteiger partial charge in [-0.1, -0.05) is 5.10 Å². The van der Waals surface area contributed by atoms with Gasteiger partial charge in [-0.25, -0.2) is 4.52 Å². The molecule has 1 aliphatic carbocycles. The largest absolute Gasteiger partial charge is 0.480 e. The second-order valence-electron chi connectivity index (χ2n) is 8.43. The van der Waals surface area contributed by atoms with Crippen molar-refractivity contribution in [3.63, 3.8) is 0 Å². The summed E-state index contributed by atoms with van der Waals surface area (Å²) in [5.74, 6) is 0.106. The standard InChI is InChI=1S/C19H19F6N7O2/c1-9-28-29-17(34-9)31-6-10-2-3-11(7-31)14(10)26-16-27-15-12(33-8-18(20,21)22)4-5-13(19(23,24)25)32(15)30-16/h4-5,10-11,14H,2-3,6-8H2,1H3,(H,26,30)/t10-,11+,14-. The van der Waals surface area contributed by atoms with Crippen LogP contribution in [0, 0.1) is 18.8 Å². The van der Waals surface area contributed by atoms with Gasteiger partial charge < -0.3 is 19.4 Å². The van der Waals surface area contributed by atoms with Gasteiger partial charge in [0.15, 0.2) is 18.0 Å². The fourth-order valence-corrected chi connectivity index (χ4v) is 4.66. The van der Waals surface area contributed by atoms with Gasteiger partial charge in [0.2, 0.25) is 11.8 Å². The molecule has 4 heterocycles. The van der Waals surface area contributed by atoms with E-state index >= 15 is 0 Å². The smallest absolute Gasteiger partial charge is 0.433 e. The Bertz CT molecular complexity index is 1180. The van der Waals surface area contributed by atoms with Gasteiger partial charge in [0.05, 0.1) is 0 Å². The van der Waals surface area contributed by atoms with Gasteiger partial charge in [-0.15, -0.1) is 10.2 Å². The predicted octanol–water partition coefficient (Wildman–Crippen LogP) is 3.71. The van der Waals surface area contributed by atoms with Crippen LogP contribution in [0.15, 0.2) is 16.5 Å². The lowest BCUT2D eigenvalue weighted by Crippen LogP contribution is -2.48. The quantitative estimate of drug-likeness (QED) is 0.540. The minimum absolute atomic E-state index is 0.112. The molecule has 15 heteroatoms. The van der Waals surface area contributed by atoms with Crippen molar-refractivity contribution >= 4 is 17.6 Å². The Kier molecular flexibility index (Phi) is 5.24. The van der Waals surface area contributed by atoms with Crippen LogP contribution in [-0.4, -0.2) is 56.7 Å². The maximum Gasteiger partial charge on any atom is 0.433 e. The second kappa shape index (κ2) is 7.91. The highest BCUT2D eigenvalue weighted by Gasteiger charge is 2.44. The average Bonchev–Trinajstić information content (AvgIpc) is 3.41. The first kappa shape index (κ1) is 22.5. The summed E-state index contributed by atoms with van der Waals surface area (Å²) in [6.45, 7) is 1.21. The first-order valence-electron chi connectivity index (χ1n) is 10.5. The van der Waals surface area contributed by atoms with E-state index in [2.05, 4.69) is 25.6 Å². The third-order valence-corrected chi connectivity index (χ3v) is 6.05. The van der Waals surface area contributed by atoms with Crippen LogP contribution >= 0.6 is 0 Å². The molecule has 3 aromatic heterocycles. The zero-order chi connectivity index (χ0) is 24.3. The third-order valence-electron chi connectivity index (χ3n) is 6.05. The second-order valence-corrected chi connectivity index (χ2v) is 8.43. The molecular formula is C19H19F6N7O2. The lowest BCUT2D eigenvalue weighted by atomic mass is 9.92. The van der Waals surface area contributed by atoms with Crippen molar-refractivity contribution in [1.29, 1.82) is 0 Å². The topological polar surface area (TPSA) is 93.6 Å². The highest BCUT2D eigenvalue weighted by atomic mass is 19.4. The number of halogens is 6. The predicted molar refractivity (Wildman–Crippen MR) is 104 cm³/mol. The number of aryl methyl sites for hydroxylation is 1. The van der Waals surface area contributed by atoms with Crippen molar-refractivity contribution in [3.05, 3.63) is 23.7 Å². The summed E-state index contributed by atoms with van der Waals surface area (Å²) in [5, 5.41) is 14.9. The molecule has 0 spiro atoms. The van der Waals surface area contributed by atoms with E-state index in [1.165, 1.54) is 0 Å². The van der Waals surface area contributed by atoms with E-state index in [0.29, 0.717) is 35.6 Å². The lowest BCUT2D eigenvalue weighted by molar-refractivity contribution is -0.153. The number of pyridine rings is 1. The molecule has 2 fully saturated rings. The number of aromatic nitrogens is 5. The molecule has 5 rings (SSSR count). The molecule has 3 atom stereocenters. The number of ether oxygens (including phenoxy) is 1.